The van der Waals surface area contributed by atoms with Gasteiger partial charge in [0.15, 0.2) is 0 Å². The van der Waals surface area contributed by atoms with Crippen molar-refractivity contribution in [1.29, 1.82) is 0 Å². The van der Waals surface area contributed by atoms with Crippen molar-refractivity contribution < 1.29 is 9.53 Å². The number of ether oxygens (including phenoxy) is 1. The Balaban J connectivity index is 1.54. The van der Waals surface area contributed by atoms with E-state index in [4.69, 9.17) is 4.74 Å². The lowest BCUT2D eigenvalue weighted by atomic mass is 9.71. The number of carbonyl (C=O) groups is 1. The Kier molecular flexibility index (Phi) is 3.74. The molecule has 0 aromatic heterocycles. The first-order valence-corrected chi connectivity index (χ1v) is 7.08. The van der Waals surface area contributed by atoms with E-state index < -0.39 is 0 Å². The molecule has 1 amide bonds. The minimum absolute atomic E-state index is 0.0808. The summed E-state index contributed by atoms with van der Waals surface area (Å²) >= 11 is 0. The minimum Gasteiger partial charge on any atom is -0.382 e. The van der Waals surface area contributed by atoms with Crippen LogP contribution in [0.2, 0.25) is 0 Å². The van der Waals surface area contributed by atoms with E-state index in [0.717, 1.165) is 17.3 Å². The highest BCUT2D eigenvalue weighted by molar-refractivity contribution is 5.91. The molecule has 1 aromatic rings. The number of anilines is 2. The van der Waals surface area contributed by atoms with Gasteiger partial charge in [-0.05, 0) is 43.0 Å². The number of methoxy groups -OCH3 is 1. The average molecular weight is 272 g/mol. The maximum absolute atomic E-state index is 11.4. The Hall–Kier alpha value is -1.81. The molecule has 0 radical (unpaired) electrons. The van der Waals surface area contributed by atoms with Gasteiger partial charge in [0.25, 0.3) is 0 Å². The highest BCUT2D eigenvalue weighted by Gasteiger charge is 2.40. The molecule has 3 unspecified atom stereocenters. The van der Waals surface area contributed by atoms with Crippen LogP contribution in [0.4, 0.5) is 11.4 Å². The second-order valence-electron chi connectivity index (χ2n) is 5.55. The zero-order chi connectivity index (χ0) is 13.9. The van der Waals surface area contributed by atoms with Gasteiger partial charge in [0.1, 0.15) is 6.61 Å². The first-order chi connectivity index (χ1) is 9.76. The lowest BCUT2D eigenvalue weighted by molar-refractivity contribution is -0.119. The van der Waals surface area contributed by atoms with Gasteiger partial charge in [-0.3, -0.25) is 4.79 Å². The smallest absolute Gasteiger partial charge is 0.250 e. The molecular weight excluding hydrogens is 252 g/mol. The third-order valence-corrected chi connectivity index (χ3v) is 4.16. The SMILES string of the molecule is COCC(=O)Nc1ccc(NC2CC3CC=CC32)cc1. The zero-order valence-corrected chi connectivity index (χ0v) is 11.6. The first kappa shape index (κ1) is 13.2. The third kappa shape index (κ3) is 2.70. The molecule has 0 saturated heterocycles. The van der Waals surface area contributed by atoms with Crippen LogP contribution >= 0.6 is 0 Å². The van der Waals surface area contributed by atoms with Crippen LogP contribution in [0.1, 0.15) is 12.8 Å². The molecule has 1 aromatic carbocycles. The zero-order valence-electron chi connectivity index (χ0n) is 11.6. The van der Waals surface area contributed by atoms with Gasteiger partial charge in [0.2, 0.25) is 5.91 Å². The van der Waals surface area contributed by atoms with Crippen molar-refractivity contribution in [3.8, 4) is 0 Å². The molecule has 0 heterocycles. The summed E-state index contributed by atoms with van der Waals surface area (Å²) in [7, 11) is 1.51. The van der Waals surface area contributed by atoms with Crippen LogP contribution in [-0.2, 0) is 9.53 Å². The summed E-state index contributed by atoms with van der Waals surface area (Å²) in [5, 5.41) is 6.35. The van der Waals surface area contributed by atoms with Crippen molar-refractivity contribution in [2.45, 2.75) is 18.9 Å². The molecule has 0 bridgehead atoms. The maximum atomic E-state index is 11.4. The summed E-state index contributed by atoms with van der Waals surface area (Å²) in [6.45, 7) is 0.0808. The molecule has 4 nitrogen and oxygen atoms in total. The van der Waals surface area contributed by atoms with Crippen LogP contribution in [0.15, 0.2) is 36.4 Å². The molecule has 1 saturated carbocycles. The second-order valence-corrected chi connectivity index (χ2v) is 5.55. The topological polar surface area (TPSA) is 50.4 Å². The number of rotatable bonds is 5. The third-order valence-electron chi connectivity index (χ3n) is 4.16. The predicted molar refractivity (Wildman–Crippen MR) is 79.7 cm³/mol. The van der Waals surface area contributed by atoms with E-state index in [9.17, 15) is 4.79 Å². The molecule has 2 aliphatic carbocycles. The first-order valence-electron chi connectivity index (χ1n) is 7.08. The molecule has 20 heavy (non-hydrogen) atoms. The lowest BCUT2D eigenvalue weighted by Gasteiger charge is -2.41. The molecule has 2 aliphatic rings. The number of amides is 1. The number of nitrogens with one attached hydrogen (secondary N) is 2. The molecule has 2 N–H and O–H groups in total. The molecular formula is C16H20N2O2. The number of hydrogen-bond donors (Lipinski definition) is 2. The van der Waals surface area contributed by atoms with E-state index >= 15 is 0 Å². The van der Waals surface area contributed by atoms with Gasteiger partial charge in [0.05, 0.1) is 0 Å². The van der Waals surface area contributed by atoms with Gasteiger partial charge < -0.3 is 15.4 Å². The fourth-order valence-electron chi connectivity index (χ4n) is 3.08. The fraction of sp³-hybridized carbons (Fsp3) is 0.438. The predicted octanol–water partition coefficient (Wildman–Crippen LogP) is 2.65. The fourth-order valence-corrected chi connectivity index (χ4v) is 3.08. The molecule has 3 atom stereocenters. The Labute approximate surface area is 119 Å². The van der Waals surface area contributed by atoms with E-state index in [1.807, 2.05) is 24.3 Å². The summed E-state index contributed by atoms with van der Waals surface area (Å²) in [5.41, 5.74) is 1.91. The lowest BCUT2D eigenvalue weighted by Crippen LogP contribution is -2.43. The summed E-state index contributed by atoms with van der Waals surface area (Å²) in [6, 6.07) is 8.41. The minimum atomic E-state index is -0.133. The van der Waals surface area contributed by atoms with Crippen molar-refractivity contribution in [3.05, 3.63) is 36.4 Å². The van der Waals surface area contributed by atoms with Crippen LogP contribution in [0.25, 0.3) is 0 Å². The van der Waals surface area contributed by atoms with Crippen LogP contribution in [-0.4, -0.2) is 25.7 Å². The van der Waals surface area contributed by atoms with Crippen molar-refractivity contribution in [3.63, 3.8) is 0 Å². The average Bonchev–Trinajstić information content (AvgIpc) is 2.79. The van der Waals surface area contributed by atoms with Crippen molar-refractivity contribution >= 4 is 17.3 Å². The molecule has 0 aliphatic heterocycles. The van der Waals surface area contributed by atoms with Crippen molar-refractivity contribution in [2.24, 2.45) is 11.8 Å². The molecule has 106 valence electrons. The number of fused-ring (bicyclic) bond motifs is 1. The molecule has 1 fully saturated rings. The van der Waals surface area contributed by atoms with Gasteiger partial charge in [-0.1, -0.05) is 12.2 Å². The monoisotopic (exact) mass is 272 g/mol. The Morgan fingerprint density at radius 1 is 1.30 bits per heavy atom. The molecule has 3 rings (SSSR count). The number of carbonyl (C=O) groups excluding carboxylic acids is 1. The van der Waals surface area contributed by atoms with E-state index in [1.54, 1.807) is 0 Å². The van der Waals surface area contributed by atoms with E-state index in [1.165, 1.54) is 20.0 Å². The Bertz CT molecular complexity index is 510. The van der Waals surface area contributed by atoms with E-state index in [0.29, 0.717) is 12.0 Å². The number of allylic oxidation sites excluding steroid dienone is 1. The van der Waals surface area contributed by atoms with Gasteiger partial charge in [-0.2, -0.15) is 0 Å². The second kappa shape index (κ2) is 5.67. The van der Waals surface area contributed by atoms with Gasteiger partial charge in [-0.15, -0.1) is 0 Å². The standard InChI is InChI=1S/C16H20N2O2/c1-20-10-16(19)18-13-7-5-12(6-8-13)17-15-9-11-3-2-4-14(11)15/h2,4-8,11,14-15,17H,3,9-10H2,1H3,(H,18,19). The normalized spacial score (nSPS) is 26.8. The van der Waals surface area contributed by atoms with Crippen LogP contribution in [0.5, 0.6) is 0 Å². The van der Waals surface area contributed by atoms with Crippen LogP contribution < -0.4 is 10.6 Å². The van der Waals surface area contributed by atoms with Gasteiger partial charge in [-0.25, -0.2) is 0 Å². The molecule has 0 spiro atoms. The highest BCUT2D eigenvalue weighted by Crippen LogP contribution is 2.44. The summed E-state index contributed by atoms with van der Waals surface area (Å²) in [4.78, 5) is 11.4. The van der Waals surface area contributed by atoms with Crippen molar-refractivity contribution in [2.75, 3.05) is 24.4 Å². The van der Waals surface area contributed by atoms with E-state index in [-0.39, 0.29) is 12.5 Å². The summed E-state index contributed by atoms with van der Waals surface area (Å²) < 4.78 is 4.78. The van der Waals surface area contributed by atoms with Crippen molar-refractivity contribution in [1.82, 2.24) is 0 Å². The highest BCUT2D eigenvalue weighted by atomic mass is 16.5. The van der Waals surface area contributed by atoms with E-state index in [2.05, 4.69) is 22.8 Å². The molecule has 4 heteroatoms. The van der Waals surface area contributed by atoms with Gasteiger partial charge >= 0.3 is 0 Å². The number of benzene rings is 1. The van der Waals surface area contributed by atoms with Crippen LogP contribution in [0, 0.1) is 11.8 Å². The largest absolute Gasteiger partial charge is 0.382 e. The Morgan fingerprint density at radius 3 is 2.75 bits per heavy atom. The summed E-state index contributed by atoms with van der Waals surface area (Å²) in [5.74, 6) is 1.43. The summed E-state index contributed by atoms with van der Waals surface area (Å²) in [6.07, 6.45) is 7.13. The number of hydrogen-bond acceptors (Lipinski definition) is 3. The maximum Gasteiger partial charge on any atom is 0.250 e. The Morgan fingerprint density at radius 2 is 2.05 bits per heavy atom. The van der Waals surface area contributed by atoms with Gasteiger partial charge in [0, 0.05) is 30.4 Å². The quantitative estimate of drug-likeness (QED) is 0.810. The van der Waals surface area contributed by atoms with Crippen LogP contribution in [0.3, 0.4) is 0 Å².